The lowest BCUT2D eigenvalue weighted by molar-refractivity contribution is -0.151. The number of rotatable bonds is 7. The van der Waals surface area contributed by atoms with E-state index in [1.54, 1.807) is 42.5 Å². The first kappa shape index (κ1) is 20.5. The molecule has 0 aliphatic carbocycles. The summed E-state index contributed by atoms with van der Waals surface area (Å²) in [7, 11) is -3.90. The summed E-state index contributed by atoms with van der Waals surface area (Å²) in [4.78, 5) is 24.1. The molecule has 0 saturated heterocycles. The molecule has 0 aliphatic heterocycles. The van der Waals surface area contributed by atoms with Crippen molar-refractivity contribution in [3.05, 3.63) is 72.8 Å². The van der Waals surface area contributed by atoms with Crippen molar-refractivity contribution >= 4 is 38.4 Å². The third-order valence-electron chi connectivity index (χ3n) is 4.16. The Morgan fingerprint density at radius 1 is 0.931 bits per heavy atom. The number of hydrogen-bond donors (Lipinski definition) is 2. The smallest absolute Gasteiger partial charge is 0.321 e. The lowest BCUT2D eigenvalue weighted by Crippen LogP contribution is -2.35. The average Bonchev–Trinajstić information content (AvgIpc) is 2.72. The molecule has 0 heterocycles. The molecule has 3 aromatic rings. The van der Waals surface area contributed by atoms with E-state index in [4.69, 9.17) is 4.74 Å². The molecule has 0 bridgehead atoms. The summed E-state index contributed by atoms with van der Waals surface area (Å²) in [5, 5.41) is 4.28. The Morgan fingerprint density at radius 2 is 1.59 bits per heavy atom. The highest BCUT2D eigenvalue weighted by molar-refractivity contribution is 7.89. The quantitative estimate of drug-likeness (QED) is 0.581. The largest absolute Gasteiger partial charge is 0.452 e. The molecule has 1 atom stereocenters. The van der Waals surface area contributed by atoms with Gasteiger partial charge in [-0.2, -0.15) is 4.72 Å². The fourth-order valence-electron chi connectivity index (χ4n) is 2.63. The number of ether oxygens (including phenoxy) is 1. The molecule has 0 saturated carbocycles. The highest BCUT2D eigenvalue weighted by Gasteiger charge is 2.21. The second-order valence-electron chi connectivity index (χ2n) is 6.32. The molecule has 0 aliphatic rings. The minimum atomic E-state index is -3.90. The fraction of sp³-hybridized carbons (Fsp3) is 0.143. The summed E-state index contributed by atoms with van der Waals surface area (Å²) >= 11 is 0. The number of anilines is 1. The van der Waals surface area contributed by atoms with Gasteiger partial charge >= 0.3 is 5.97 Å². The molecule has 29 heavy (non-hydrogen) atoms. The van der Waals surface area contributed by atoms with E-state index < -0.39 is 34.5 Å². The van der Waals surface area contributed by atoms with Gasteiger partial charge in [0.25, 0.3) is 5.91 Å². The van der Waals surface area contributed by atoms with Crippen LogP contribution in [-0.2, 0) is 24.3 Å². The predicted molar refractivity (Wildman–Crippen MR) is 110 cm³/mol. The normalized spacial score (nSPS) is 12.3. The number of amides is 1. The molecular weight excluding hydrogens is 392 g/mol. The third kappa shape index (κ3) is 5.40. The summed E-state index contributed by atoms with van der Waals surface area (Å²) in [6, 6.07) is 20.7. The van der Waals surface area contributed by atoms with Crippen molar-refractivity contribution in [3.8, 4) is 0 Å². The number of carbonyl (C=O) groups excluding carboxylic acids is 2. The number of sulfonamides is 1. The molecule has 0 aromatic heterocycles. The lowest BCUT2D eigenvalue weighted by Gasteiger charge is -2.14. The monoisotopic (exact) mass is 412 g/mol. The van der Waals surface area contributed by atoms with Crippen molar-refractivity contribution in [1.29, 1.82) is 0 Å². The van der Waals surface area contributed by atoms with Crippen molar-refractivity contribution in [2.45, 2.75) is 17.9 Å². The number of fused-ring (bicyclic) bond motifs is 1. The molecule has 0 unspecified atom stereocenters. The number of benzene rings is 3. The molecule has 7 nitrogen and oxygen atoms in total. The van der Waals surface area contributed by atoms with Crippen LogP contribution in [0.25, 0.3) is 10.8 Å². The van der Waals surface area contributed by atoms with Crippen molar-refractivity contribution in [2.75, 3.05) is 11.9 Å². The van der Waals surface area contributed by atoms with E-state index in [-0.39, 0.29) is 4.90 Å². The number of carbonyl (C=O) groups is 2. The van der Waals surface area contributed by atoms with Gasteiger partial charge in [-0.05, 0) is 42.0 Å². The first-order valence-electron chi connectivity index (χ1n) is 8.89. The predicted octanol–water partition coefficient (Wildman–Crippen LogP) is 2.69. The standard InChI is InChI=1S/C21H20N2O5S/c1-15(21(25)23-18-9-3-2-4-10-18)28-20(24)14-22-29(26,27)19-12-11-16-7-5-6-8-17(16)13-19/h2-13,15,22H,14H2,1H3,(H,23,25)/t15-/m0/s1. The molecule has 0 fully saturated rings. The zero-order valence-corrected chi connectivity index (χ0v) is 16.5. The van der Waals surface area contributed by atoms with Gasteiger partial charge in [0.1, 0.15) is 6.54 Å². The van der Waals surface area contributed by atoms with Crippen LogP contribution in [0.15, 0.2) is 77.7 Å². The zero-order chi connectivity index (χ0) is 20.9. The second kappa shape index (κ2) is 8.85. The summed E-state index contributed by atoms with van der Waals surface area (Å²) in [6.07, 6.45) is -1.08. The van der Waals surface area contributed by atoms with Crippen molar-refractivity contribution in [2.24, 2.45) is 0 Å². The van der Waals surface area contributed by atoms with Crippen LogP contribution in [0, 0.1) is 0 Å². The zero-order valence-electron chi connectivity index (χ0n) is 15.7. The Balaban J connectivity index is 1.56. The molecular formula is C21H20N2O5S. The molecule has 3 aromatic carbocycles. The van der Waals surface area contributed by atoms with Gasteiger partial charge < -0.3 is 10.1 Å². The maximum absolute atomic E-state index is 12.4. The number of para-hydroxylation sites is 1. The highest BCUT2D eigenvalue weighted by atomic mass is 32.2. The van der Waals surface area contributed by atoms with Gasteiger partial charge in [0, 0.05) is 5.69 Å². The van der Waals surface area contributed by atoms with E-state index in [0.717, 1.165) is 10.8 Å². The number of esters is 1. The van der Waals surface area contributed by atoms with Gasteiger partial charge in [0.15, 0.2) is 6.10 Å². The van der Waals surface area contributed by atoms with Gasteiger partial charge in [-0.1, -0.05) is 48.5 Å². The van der Waals surface area contributed by atoms with E-state index in [2.05, 4.69) is 10.0 Å². The maximum Gasteiger partial charge on any atom is 0.321 e. The maximum atomic E-state index is 12.4. The van der Waals surface area contributed by atoms with Crippen LogP contribution in [0.3, 0.4) is 0 Å². The van der Waals surface area contributed by atoms with E-state index in [1.807, 2.05) is 18.2 Å². The topological polar surface area (TPSA) is 102 Å². The molecule has 150 valence electrons. The van der Waals surface area contributed by atoms with Crippen LogP contribution in [0.5, 0.6) is 0 Å². The van der Waals surface area contributed by atoms with E-state index >= 15 is 0 Å². The van der Waals surface area contributed by atoms with Crippen LogP contribution in [0.2, 0.25) is 0 Å². The first-order chi connectivity index (χ1) is 13.8. The molecule has 2 N–H and O–H groups in total. The SMILES string of the molecule is C[C@H](OC(=O)CNS(=O)(=O)c1ccc2ccccc2c1)C(=O)Nc1ccccc1. The molecule has 0 spiro atoms. The summed E-state index contributed by atoms with van der Waals surface area (Å²) < 4.78 is 32.1. The van der Waals surface area contributed by atoms with Gasteiger partial charge in [-0.25, -0.2) is 8.42 Å². The summed E-state index contributed by atoms with van der Waals surface area (Å²) in [5.74, 6) is -1.37. The van der Waals surface area contributed by atoms with Crippen LogP contribution in [-0.4, -0.2) is 32.9 Å². The van der Waals surface area contributed by atoms with E-state index in [9.17, 15) is 18.0 Å². The number of hydrogen-bond acceptors (Lipinski definition) is 5. The van der Waals surface area contributed by atoms with Crippen molar-refractivity contribution in [3.63, 3.8) is 0 Å². The summed E-state index contributed by atoms with van der Waals surface area (Å²) in [6.45, 7) is 0.826. The van der Waals surface area contributed by atoms with Crippen molar-refractivity contribution < 1.29 is 22.7 Å². The van der Waals surface area contributed by atoms with Gasteiger partial charge in [-0.3, -0.25) is 9.59 Å². The lowest BCUT2D eigenvalue weighted by atomic mass is 10.1. The number of nitrogens with one attached hydrogen (secondary N) is 2. The Labute approximate surface area is 168 Å². The average molecular weight is 412 g/mol. The van der Waals surface area contributed by atoms with E-state index in [1.165, 1.54) is 19.1 Å². The Hall–Kier alpha value is -3.23. The third-order valence-corrected chi connectivity index (χ3v) is 5.56. The Kier molecular flexibility index (Phi) is 6.26. The molecule has 3 rings (SSSR count). The van der Waals surface area contributed by atoms with Gasteiger partial charge in [0.05, 0.1) is 4.90 Å². The second-order valence-corrected chi connectivity index (χ2v) is 8.09. The minimum absolute atomic E-state index is 0.0406. The Morgan fingerprint density at radius 3 is 2.31 bits per heavy atom. The Bertz CT molecular complexity index is 1130. The van der Waals surface area contributed by atoms with E-state index in [0.29, 0.717) is 5.69 Å². The van der Waals surface area contributed by atoms with Gasteiger partial charge in [0.2, 0.25) is 10.0 Å². The molecule has 0 radical (unpaired) electrons. The van der Waals surface area contributed by atoms with Crippen LogP contribution in [0.4, 0.5) is 5.69 Å². The van der Waals surface area contributed by atoms with Crippen molar-refractivity contribution in [1.82, 2.24) is 4.72 Å². The first-order valence-corrected chi connectivity index (χ1v) is 10.4. The molecule has 8 heteroatoms. The fourth-order valence-corrected chi connectivity index (χ4v) is 3.63. The van der Waals surface area contributed by atoms with Crippen LogP contribution in [0.1, 0.15) is 6.92 Å². The van der Waals surface area contributed by atoms with Crippen LogP contribution >= 0.6 is 0 Å². The minimum Gasteiger partial charge on any atom is -0.452 e. The van der Waals surface area contributed by atoms with Crippen LogP contribution < -0.4 is 10.0 Å². The summed E-state index contributed by atoms with van der Waals surface area (Å²) in [5.41, 5.74) is 0.567. The van der Waals surface area contributed by atoms with Gasteiger partial charge in [-0.15, -0.1) is 0 Å². The molecule has 1 amide bonds. The highest BCUT2D eigenvalue weighted by Crippen LogP contribution is 2.18.